The minimum absolute atomic E-state index is 0.00385. The van der Waals surface area contributed by atoms with Crippen molar-refractivity contribution in [2.75, 3.05) is 40.0 Å². The van der Waals surface area contributed by atoms with Crippen LogP contribution < -0.4 is 10.6 Å². The molecule has 0 fully saturated rings. The lowest BCUT2D eigenvalue weighted by atomic mass is 10.2. The van der Waals surface area contributed by atoms with Crippen LogP contribution in [-0.2, 0) is 20.9 Å². The fourth-order valence-electron chi connectivity index (χ4n) is 1.60. The maximum atomic E-state index is 11.4. The zero-order valence-electron chi connectivity index (χ0n) is 12.1. The van der Waals surface area contributed by atoms with Gasteiger partial charge in [0.2, 0.25) is 5.91 Å². The van der Waals surface area contributed by atoms with Gasteiger partial charge in [-0.05, 0) is 12.0 Å². The third kappa shape index (κ3) is 8.63. The van der Waals surface area contributed by atoms with Crippen LogP contribution >= 0.6 is 0 Å². The fraction of sp³-hybridized carbons (Fsp3) is 0.533. The minimum Gasteiger partial charge on any atom is -0.383 e. The highest BCUT2D eigenvalue weighted by molar-refractivity contribution is 5.77. The van der Waals surface area contributed by atoms with Crippen molar-refractivity contribution in [1.82, 2.24) is 10.6 Å². The van der Waals surface area contributed by atoms with Gasteiger partial charge in [0.25, 0.3) is 0 Å². The lowest BCUT2D eigenvalue weighted by molar-refractivity contribution is -0.120. The molecule has 0 radical (unpaired) electrons. The Kier molecular flexibility index (Phi) is 9.48. The molecule has 112 valence electrons. The highest BCUT2D eigenvalue weighted by Gasteiger charge is 1.99. The number of ether oxygens (including phenoxy) is 2. The zero-order valence-corrected chi connectivity index (χ0v) is 12.1. The van der Waals surface area contributed by atoms with E-state index in [1.165, 1.54) is 5.56 Å². The van der Waals surface area contributed by atoms with Gasteiger partial charge in [-0.3, -0.25) is 4.79 Å². The zero-order chi connectivity index (χ0) is 14.5. The van der Waals surface area contributed by atoms with Crippen LogP contribution in [0.25, 0.3) is 0 Å². The first-order valence-corrected chi connectivity index (χ1v) is 6.91. The largest absolute Gasteiger partial charge is 0.383 e. The molecule has 1 aromatic carbocycles. The molecule has 1 aromatic rings. The number of carbonyl (C=O) groups excluding carboxylic acids is 1. The van der Waals surface area contributed by atoms with Crippen LogP contribution in [0.1, 0.15) is 12.0 Å². The van der Waals surface area contributed by atoms with Crippen molar-refractivity contribution in [2.45, 2.75) is 13.0 Å². The lowest BCUT2D eigenvalue weighted by Crippen LogP contribution is -2.35. The number of hydrogen-bond donors (Lipinski definition) is 2. The van der Waals surface area contributed by atoms with Gasteiger partial charge in [0.1, 0.15) is 0 Å². The molecule has 0 aliphatic rings. The summed E-state index contributed by atoms with van der Waals surface area (Å²) < 4.78 is 10.4. The van der Waals surface area contributed by atoms with Crippen molar-refractivity contribution >= 4 is 5.91 Å². The van der Waals surface area contributed by atoms with Crippen LogP contribution in [0, 0.1) is 0 Å². The average molecular weight is 280 g/mol. The first-order chi connectivity index (χ1) is 9.83. The highest BCUT2D eigenvalue weighted by atomic mass is 16.5. The quantitative estimate of drug-likeness (QED) is 0.592. The molecule has 1 amide bonds. The van der Waals surface area contributed by atoms with Crippen LogP contribution in [0.4, 0.5) is 0 Å². The molecule has 0 heterocycles. The van der Waals surface area contributed by atoms with E-state index < -0.39 is 0 Å². The van der Waals surface area contributed by atoms with E-state index in [2.05, 4.69) is 10.6 Å². The number of rotatable bonds is 11. The predicted octanol–water partition coefficient (Wildman–Crippen LogP) is 0.946. The van der Waals surface area contributed by atoms with Gasteiger partial charge < -0.3 is 20.1 Å². The number of hydrogen-bond acceptors (Lipinski definition) is 4. The Bertz CT molecular complexity index is 357. The van der Waals surface area contributed by atoms with Gasteiger partial charge in [-0.2, -0.15) is 0 Å². The van der Waals surface area contributed by atoms with E-state index in [4.69, 9.17) is 9.47 Å². The monoisotopic (exact) mass is 280 g/mol. The second kappa shape index (κ2) is 11.4. The Balaban J connectivity index is 1.90. The molecular formula is C15H24N2O3. The van der Waals surface area contributed by atoms with Gasteiger partial charge in [0, 0.05) is 26.8 Å². The maximum absolute atomic E-state index is 11.4. The second-order valence-corrected chi connectivity index (χ2v) is 4.41. The molecule has 0 unspecified atom stereocenters. The number of amides is 1. The molecule has 20 heavy (non-hydrogen) atoms. The lowest BCUT2D eigenvalue weighted by Gasteiger charge is -2.07. The summed E-state index contributed by atoms with van der Waals surface area (Å²) in [7, 11) is 1.64. The molecule has 0 spiro atoms. The summed E-state index contributed by atoms with van der Waals surface area (Å²) in [4.78, 5) is 11.4. The normalized spacial score (nSPS) is 10.4. The first kappa shape index (κ1) is 16.6. The highest BCUT2D eigenvalue weighted by Crippen LogP contribution is 2.00. The summed E-state index contributed by atoms with van der Waals surface area (Å²) in [6.07, 6.45) is 0.816. The summed E-state index contributed by atoms with van der Waals surface area (Å²) in [5, 5.41) is 5.83. The van der Waals surface area contributed by atoms with Crippen LogP contribution in [0.3, 0.4) is 0 Å². The van der Waals surface area contributed by atoms with Gasteiger partial charge in [0.15, 0.2) is 0 Å². The van der Waals surface area contributed by atoms with Crippen molar-refractivity contribution in [1.29, 1.82) is 0 Å². The van der Waals surface area contributed by atoms with Gasteiger partial charge >= 0.3 is 0 Å². The molecule has 1 rings (SSSR count). The van der Waals surface area contributed by atoms with Crippen molar-refractivity contribution in [2.24, 2.45) is 0 Å². The molecule has 2 N–H and O–H groups in total. The van der Waals surface area contributed by atoms with Crippen LogP contribution in [-0.4, -0.2) is 45.9 Å². The number of carbonyl (C=O) groups is 1. The topological polar surface area (TPSA) is 59.6 Å². The first-order valence-electron chi connectivity index (χ1n) is 6.91. The van der Waals surface area contributed by atoms with Crippen LogP contribution in [0.5, 0.6) is 0 Å². The molecule has 0 aliphatic carbocycles. The molecule has 0 atom stereocenters. The van der Waals surface area contributed by atoms with Crippen molar-refractivity contribution in [3.63, 3.8) is 0 Å². The standard InChI is InChI=1S/C15H24N2O3/c1-19-11-9-16-12-15(18)17-8-5-10-20-13-14-6-3-2-4-7-14/h2-4,6-7,16H,5,8-13H2,1H3,(H,17,18). The van der Waals surface area contributed by atoms with Crippen molar-refractivity contribution in [3.8, 4) is 0 Å². The van der Waals surface area contributed by atoms with Gasteiger partial charge in [-0.25, -0.2) is 0 Å². The predicted molar refractivity (Wildman–Crippen MR) is 78.5 cm³/mol. The summed E-state index contributed by atoms with van der Waals surface area (Å²) in [5.41, 5.74) is 1.17. The van der Waals surface area contributed by atoms with Gasteiger partial charge in [0.05, 0.1) is 19.8 Å². The minimum atomic E-state index is 0.00385. The van der Waals surface area contributed by atoms with E-state index in [0.717, 1.165) is 6.42 Å². The fourth-order valence-corrected chi connectivity index (χ4v) is 1.60. The van der Waals surface area contributed by atoms with E-state index in [1.807, 2.05) is 30.3 Å². The molecule has 5 heteroatoms. The number of benzene rings is 1. The molecule has 5 nitrogen and oxygen atoms in total. The molecule has 0 saturated carbocycles. The number of methoxy groups -OCH3 is 1. The third-order valence-corrected chi connectivity index (χ3v) is 2.67. The second-order valence-electron chi connectivity index (χ2n) is 4.41. The van der Waals surface area contributed by atoms with E-state index in [0.29, 0.717) is 39.5 Å². The Morgan fingerprint density at radius 2 is 1.95 bits per heavy atom. The number of nitrogens with one attached hydrogen (secondary N) is 2. The Morgan fingerprint density at radius 1 is 1.15 bits per heavy atom. The molecule has 0 aliphatic heterocycles. The van der Waals surface area contributed by atoms with E-state index in [1.54, 1.807) is 7.11 Å². The molecule has 0 saturated heterocycles. The maximum Gasteiger partial charge on any atom is 0.233 e. The SMILES string of the molecule is COCCNCC(=O)NCCCOCc1ccccc1. The summed E-state index contributed by atoms with van der Waals surface area (Å²) in [6.45, 7) is 3.53. The van der Waals surface area contributed by atoms with Gasteiger partial charge in [-0.1, -0.05) is 30.3 Å². The summed E-state index contributed by atoms with van der Waals surface area (Å²) in [6, 6.07) is 10.0. The molecule has 0 bridgehead atoms. The van der Waals surface area contributed by atoms with E-state index >= 15 is 0 Å². The summed E-state index contributed by atoms with van der Waals surface area (Å²) >= 11 is 0. The van der Waals surface area contributed by atoms with Crippen LogP contribution in [0.15, 0.2) is 30.3 Å². The summed E-state index contributed by atoms with van der Waals surface area (Å²) in [5.74, 6) is 0.00385. The van der Waals surface area contributed by atoms with Crippen LogP contribution in [0.2, 0.25) is 0 Å². The molecular weight excluding hydrogens is 256 g/mol. The smallest absolute Gasteiger partial charge is 0.233 e. The van der Waals surface area contributed by atoms with Crippen molar-refractivity contribution < 1.29 is 14.3 Å². The Labute approximate surface area is 120 Å². The average Bonchev–Trinajstić information content (AvgIpc) is 2.48. The van der Waals surface area contributed by atoms with E-state index in [9.17, 15) is 4.79 Å². The van der Waals surface area contributed by atoms with Gasteiger partial charge in [-0.15, -0.1) is 0 Å². The third-order valence-electron chi connectivity index (χ3n) is 2.67. The van der Waals surface area contributed by atoms with Crippen molar-refractivity contribution in [3.05, 3.63) is 35.9 Å². The molecule has 0 aromatic heterocycles. The Morgan fingerprint density at radius 3 is 2.70 bits per heavy atom. The Hall–Kier alpha value is -1.43. The van der Waals surface area contributed by atoms with E-state index in [-0.39, 0.29) is 5.91 Å².